The van der Waals surface area contributed by atoms with Gasteiger partial charge in [0.2, 0.25) is 5.95 Å². The molecule has 9 heteroatoms. The molecule has 0 aliphatic heterocycles. The monoisotopic (exact) mass is 405 g/mol. The van der Waals surface area contributed by atoms with Gasteiger partial charge in [-0.15, -0.1) is 0 Å². The average Bonchev–Trinajstić information content (AvgIpc) is 3.18. The number of aromatic nitrogens is 4. The van der Waals surface area contributed by atoms with Crippen LogP contribution in [-0.4, -0.2) is 32.1 Å². The fraction of sp³-hybridized carbons (Fsp3) is 0.143. The van der Waals surface area contributed by atoms with Crippen molar-refractivity contribution < 1.29 is 14.3 Å². The first-order valence-electron chi connectivity index (χ1n) is 9.21. The lowest BCUT2D eigenvalue weighted by molar-refractivity contribution is -0.0353. The highest BCUT2D eigenvalue weighted by atomic mass is 16.6. The van der Waals surface area contributed by atoms with Crippen molar-refractivity contribution in [1.29, 1.82) is 0 Å². The molecule has 0 radical (unpaired) electrons. The quantitative estimate of drug-likeness (QED) is 0.452. The molecule has 0 amide bonds. The Morgan fingerprint density at radius 2 is 1.80 bits per heavy atom. The fourth-order valence-electron chi connectivity index (χ4n) is 2.95. The van der Waals surface area contributed by atoms with Gasteiger partial charge in [0.05, 0.1) is 11.9 Å². The van der Waals surface area contributed by atoms with E-state index in [0.717, 1.165) is 5.56 Å². The smallest absolute Gasteiger partial charge is 0.338 e. The molecule has 0 saturated carbocycles. The Labute approximate surface area is 171 Å². The Morgan fingerprint density at radius 1 is 1.10 bits per heavy atom. The Morgan fingerprint density at radius 3 is 2.53 bits per heavy atom. The van der Waals surface area contributed by atoms with Crippen molar-refractivity contribution in [2.24, 2.45) is 0 Å². The molecule has 0 unspecified atom stereocenters. The van der Waals surface area contributed by atoms with Crippen LogP contribution in [0.25, 0.3) is 11.2 Å². The topological polar surface area (TPSA) is 125 Å². The van der Waals surface area contributed by atoms with Crippen LogP contribution in [0, 0.1) is 0 Å². The summed E-state index contributed by atoms with van der Waals surface area (Å²) >= 11 is 0. The summed E-state index contributed by atoms with van der Waals surface area (Å²) in [6.07, 6.45) is 0.917. The zero-order chi connectivity index (χ0) is 20.9. The molecule has 0 bridgehead atoms. The number of carbonyl (C=O) groups is 1. The van der Waals surface area contributed by atoms with E-state index in [1.807, 2.05) is 36.4 Å². The maximum atomic E-state index is 12.3. The van der Waals surface area contributed by atoms with E-state index in [2.05, 4.69) is 15.0 Å². The van der Waals surface area contributed by atoms with Crippen molar-refractivity contribution >= 4 is 23.1 Å². The van der Waals surface area contributed by atoms with Crippen molar-refractivity contribution in [3.8, 4) is 0 Å². The number of imidazole rings is 1. The van der Waals surface area contributed by atoms with Crippen LogP contribution in [0.3, 0.4) is 0 Å². The summed E-state index contributed by atoms with van der Waals surface area (Å²) in [5.41, 5.74) is 6.99. The number of esters is 1. The number of ether oxygens (including phenoxy) is 2. The third kappa shape index (κ3) is 4.20. The number of nitrogens with one attached hydrogen (secondary N) is 1. The molecular weight excluding hydrogens is 386 g/mol. The number of nitrogens with zero attached hydrogens (tertiary/aromatic N) is 3. The molecule has 152 valence electrons. The van der Waals surface area contributed by atoms with E-state index in [-0.39, 0.29) is 24.8 Å². The van der Waals surface area contributed by atoms with Crippen molar-refractivity contribution in [2.75, 3.05) is 12.3 Å². The lowest BCUT2D eigenvalue weighted by atomic mass is 10.1. The predicted molar refractivity (Wildman–Crippen MR) is 110 cm³/mol. The SMILES string of the molecule is Nc1nc2c(ncn2CO[C@@H](COC(=O)c2ccccc2)c2ccccc2)c(=O)[nH]1. The van der Waals surface area contributed by atoms with Crippen LogP contribution in [0.5, 0.6) is 0 Å². The summed E-state index contributed by atoms with van der Waals surface area (Å²) in [6, 6.07) is 18.1. The lowest BCUT2D eigenvalue weighted by Crippen LogP contribution is -2.18. The number of nitrogens with two attached hydrogens (primary N) is 1. The summed E-state index contributed by atoms with van der Waals surface area (Å²) in [5, 5.41) is 0. The molecule has 4 aromatic rings. The molecule has 30 heavy (non-hydrogen) atoms. The molecule has 2 aromatic heterocycles. The van der Waals surface area contributed by atoms with Crippen molar-refractivity contribution in [2.45, 2.75) is 12.8 Å². The standard InChI is InChI=1S/C21H19N5O4/c22-21-24-18-17(19(27)25-21)23-12-26(18)13-30-16(14-7-3-1-4-8-14)11-29-20(28)15-9-5-2-6-10-15/h1-10,12,16H,11,13H2,(H3,22,24,25,27)/t16-/m0/s1. The van der Waals surface area contributed by atoms with Crippen LogP contribution in [0.4, 0.5) is 5.95 Å². The van der Waals surface area contributed by atoms with Crippen LogP contribution in [0.2, 0.25) is 0 Å². The molecular formula is C21H19N5O4. The van der Waals surface area contributed by atoms with Gasteiger partial charge in [0.25, 0.3) is 5.56 Å². The first kappa shape index (κ1) is 19.3. The maximum Gasteiger partial charge on any atom is 0.338 e. The molecule has 0 fully saturated rings. The van der Waals surface area contributed by atoms with Crippen molar-refractivity contribution in [1.82, 2.24) is 19.5 Å². The molecule has 3 N–H and O–H groups in total. The predicted octanol–water partition coefficient (Wildman–Crippen LogP) is 2.27. The lowest BCUT2D eigenvalue weighted by Gasteiger charge is -2.19. The number of fused-ring (bicyclic) bond motifs is 1. The minimum atomic E-state index is -0.532. The normalized spacial score (nSPS) is 12.0. The largest absolute Gasteiger partial charge is 0.459 e. The summed E-state index contributed by atoms with van der Waals surface area (Å²) < 4.78 is 13.0. The van der Waals surface area contributed by atoms with Gasteiger partial charge >= 0.3 is 5.97 Å². The average molecular weight is 405 g/mol. The zero-order valence-corrected chi connectivity index (χ0v) is 15.9. The van der Waals surface area contributed by atoms with E-state index in [9.17, 15) is 9.59 Å². The number of carbonyl (C=O) groups excluding carboxylic acids is 1. The second-order valence-electron chi connectivity index (χ2n) is 6.50. The molecule has 0 spiro atoms. The molecule has 4 rings (SSSR count). The number of hydrogen-bond acceptors (Lipinski definition) is 7. The molecule has 1 atom stereocenters. The van der Waals surface area contributed by atoms with E-state index < -0.39 is 17.6 Å². The zero-order valence-electron chi connectivity index (χ0n) is 15.9. The van der Waals surface area contributed by atoms with E-state index >= 15 is 0 Å². The number of benzene rings is 2. The third-order valence-electron chi connectivity index (χ3n) is 4.45. The summed E-state index contributed by atoms with van der Waals surface area (Å²) in [5.74, 6) is -0.445. The van der Waals surface area contributed by atoms with Gasteiger partial charge in [-0.2, -0.15) is 4.98 Å². The molecule has 2 aromatic carbocycles. The maximum absolute atomic E-state index is 12.3. The van der Waals surface area contributed by atoms with Crippen LogP contribution in [0.15, 0.2) is 71.8 Å². The molecule has 0 aliphatic rings. The molecule has 2 heterocycles. The van der Waals surface area contributed by atoms with Gasteiger partial charge in [-0.3, -0.25) is 14.3 Å². The first-order chi connectivity index (χ1) is 14.6. The first-order valence-corrected chi connectivity index (χ1v) is 9.21. The highest BCUT2D eigenvalue weighted by molar-refractivity contribution is 5.89. The summed E-state index contributed by atoms with van der Waals surface area (Å²) in [4.78, 5) is 34.8. The van der Waals surface area contributed by atoms with E-state index in [1.165, 1.54) is 6.33 Å². The van der Waals surface area contributed by atoms with Crippen molar-refractivity contribution in [3.63, 3.8) is 0 Å². The van der Waals surface area contributed by atoms with Crippen LogP contribution in [0.1, 0.15) is 22.0 Å². The number of nitrogen functional groups attached to an aromatic ring is 1. The van der Waals surface area contributed by atoms with E-state index in [4.69, 9.17) is 15.2 Å². The van der Waals surface area contributed by atoms with Gasteiger partial charge in [-0.25, -0.2) is 9.78 Å². The minimum Gasteiger partial charge on any atom is -0.459 e. The van der Waals surface area contributed by atoms with Gasteiger partial charge in [0.15, 0.2) is 11.2 Å². The number of H-pyrrole nitrogens is 1. The summed E-state index contributed by atoms with van der Waals surface area (Å²) in [6.45, 7) is 0.0510. The van der Waals surface area contributed by atoms with Gasteiger partial charge in [0.1, 0.15) is 19.4 Å². The molecule has 0 saturated heterocycles. The Bertz CT molecular complexity index is 1200. The molecule has 9 nitrogen and oxygen atoms in total. The Balaban J connectivity index is 1.51. The minimum absolute atomic E-state index is 0.00866. The van der Waals surface area contributed by atoms with Gasteiger partial charge < -0.3 is 15.2 Å². The number of anilines is 1. The van der Waals surface area contributed by atoms with Crippen molar-refractivity contribution in [3.05, 3.63) is 88.5 Å². The van der Waals surface area contributed by atoms with Gasteiger partial charge in [-0.05, 0) is 17.7 Å². The highest BCUT2D eigenvalue weighted by Gasteiger charge is 2.17. The number of hydrogen-bond donors (Lipinski definition) is 2. The second-order valence-corrected chi connectivity index (χ2v) is 6.50. The van der Waals surface area contributed by atoms with Crippen LogP contribution in [-0.2, 0) is 16.2 Å². The fourth-order valence-corrected chi connectivity index (χ4v) is 2.95. The van der Waals surface area contributed by atoms with Gasteiger partial charge in [0, 0.05) is 0 Å². The van der Waals surface area contributed by atoms with Crippen LogP contribution >= 0.6 is 0 Å². The molecule has 0 aliphatic carbocycles. The number of aromatic amines is 1. The van der Waals surface area contributed by atoms with Crippen LogP contribution < -0.4 is 11.3 Å². The summed E-state index contributed by atoms with van der Waals surface area (Å²) in [7, 11) is 0. The number of rotatable bonds is 7. The second kappa shape index (κ2) is 8.58. The van der Waals surface area contributed by atoms with E-state index in [1.54, 1.807) is 28.8 Å². The van der Waals surface area contributed by atoms with Gasteiger partial charge in [-0.1, -0.05) is 48.5 Å². The highest BCUT2D eigenvalue weighted by Crippen LogP contribution is 2.20. The Hall–Kier alpha value is -3.98. The Kier molecular flexibility index (Phi) is 5.53. The third-order valence-corrected chi connectivity index (χ3v) is 4.45. The van der Waals surface area contributed by atoms with E-state index in [0.29, 0.717) is 11.2 Å².